The number of para-hydroxylation sites is 4. The fraction of sp³-hybridized carbons (Fsp3) is 0.296. The van der Waals surface area contributed by atoms with Gasteiger partial charge in [0.15, 0.2) is 40.5 Å². The number of ketones is 7. The Bertz CT molecular complexity index is 3810. The number of rotatable bonds is 1. The lowest BCUT2D eigenvalue weighted by atomic mass is 9.93. The average Bonchev–Trinajstić information content (AvgIpc) is 2.89. The SMILES string of the molecule is CC(=O)N1CCC(=O)c2ccccc21.CC1CN(C)c2cc(Cl)ccc2C1=O.CN1CCC(=O)c2cc(Cl)ccc21.CN1CCC(=O)c2ccccc21.COc1ccc2c(c1)N(C)CC(C)C2=O.O=C1CCNc2ccccc21.O=C1CNc2ccccc21. The molecule has 7 aliphatic rings. The number of amides is 1. The normalized spacial score (nSPS) is 17.1. The van der Waals surface area contributed by atoms with Crippen molar-refractivity contribution in [2.45, 2.75) is 46.5 Å². The molecule has 0 spiro atoms. The van der Waals surface area contributed by atoms with Gasteiger partial charge in [0, 0.05) is 195 Å². The van der Waals surface area contributed by atoms with Crippen molar-refractivity contribution in [3.8, 4) is 5.75 Å². The van der Waals surface area contributed by atoms with Gasteiger partial charge < -0.3 is 39.9 Å². The lowest BCUT2D eigenvalue weighted by Crippen LogP contribution is -2.35. The van der Waals surface area contributed by atoms with Gasteiger partial charge in [-0.25, -0.2) is 0 Å². The van der Waals surface area contributed by atoms with Crippen molar-refractivity contribution in [1.29, 1.82) is 0 Å². The summed E-state index contributed by atoms with van der Waals surface area (Å²) >= 11 is 11.7. The topological polar surface area (TPSA) is 186 Å². The van der Waals surface area contributed by atoms with E-state index in [1.807, 2.05) is 175 Å². The Balaban J connectivity index is 0.000000135. The zero-order valence-electron chi connectivity index (χ0n) is 51.5. The van der Waals surface area contributed by atoms with Crippen molar-refractivity contribution in [1.82, 2.24) is 0 Å². The predicted molar refractivity (Wildman–Crippen MR) is 357 cm³/mol. The summed E-state index contributed by atoms with van der Waals surface area (Å²) in [5.41, 5.74) is 12.2. The molecule has 0 fully saturated rings. The van der Waals surface area contributed by atoms with Crippen LogP contribution in [0.2, 0.25) is 10.0 Å². The maximum Gasteiger partial charge on any atom is 0.223 e. The monoisotopic (exact) mass is 1240 g/mol. The number of nitrogens with zero attached hydrogens (tertiary/aromatic N) is 5. The molecule has 1 amide bonds. The first-order valence-corrected chi connectivity index (χ1v) is 30.4. The fourth-order valence-electron chi connectivity index (χ4n) is 11.3. The minimum absolute atomic E-state index is 0.00931. The number of fused-ring (bicyclic) bond motifs is 7. The molecule has 0 saturated heterocycles. The van der Waals surface area contributed by atoms with E-state index in [2.05, 4.69) is 30.2 Å². The molecule has 462 valence electrons. The molecule has 0 radical (unpaired) electrons. The summed E-state index contributed by atoms with van der Waals surface area (Å²) in [4.78, 5) is 102. The van der Waals surface area contributed by atoms with Crippen molar-refractivity contribution < 1.29 is 43.1 Å². The molecule has 18 heteroatoms. The van der Waals surface area contributed by atoms with E-state index in [-0.39, 0.29) is 58.2 Å². The van der Waals surface area contributed by atoms with E-state index in [0.717, 1.165) is 112 Å². The number of benzene rings is 7. The molecule has 89 heavy (non-hydrogen) atoms. The van der Waals surface area contributed by atoms with Crippen LogP contribution >= 0.6 is 23.2 Å². The van der Waals surface area contributed by atoms with E-state index in [4.69, 9.17) is 27.9 Å². The lowest BCUT2D eigenvalue weighted by molar-refractivity contribution is -0.116. The second kappa shape index (κ2) is 30.2. The highest BCUT2D eigenvalue weighted by molar-refractivity contribution is 6.31. The number of halogens is 2. The van der Waals surface area contributed by atoms with E-state index < -0.39 is 0 Å². The molecule has 2 N–H and O–H groups in total. The molecule has 0 aliphatic carbocycles. The molecule has 0 saturated carbocycles. The number of carbonyl (C=O) groups is 8. The highest BCUT2D eigenvalue weighted by Crippen LogP contribution is 2.34. The Hall–Kier alpha value is -9.12. The van der Waals surface area contributed by atoms with Crippen LogP contribution < -0.4 is 39.9 Å². The molecule has 16 nitrogen and oxygen atoms in total. The summed E-state index contributed by atoms with van der Waals surface area (Å²) in [5.74, 6) is 2.41. The van der Waals surface area contributed by atoms with Crippen molar-refractivity contribution >= 4 is 109 Å². The standard InChI is InChI=1S/C12H15NO2.C11H12ClNO.C11H11NO2.C10H10ClNO.C10H11NO.C9H9NO.C8H7NO/c1-8-7-13(2)11-6-9(15-3)4-5-10(11)12(8)14;1-7-6-13(2)10-5-8(12)3-4-9(10)11(7)14;1-8(13)12-7-6-11(14)9-4-2-3-5-10(9)12;1-12-5-4-10(13)8-6-7(11)2-3-9(8)12;1-11-7-6-10(12)8-4-2-3-5-9(8)11;11-9-5-6-10-8-4-2-1-3-7(8)9;10-8-5-9-7-4-2-1-3-6(7)8/h4-6,8H,7H2,1-3H3;3-5,7H,6H2,1-2H3;2-5H,6-7H2,1H3;2-3,6H,4-5H2,1H3;2-5H,6-7H2,1H3;1-4,10H,5-6H2;1-4,9H,5H2. The summed E-state index contributed by atoms with van der Waals surface area (Å²) in [5, 5.41) is 7.48. The summed E-state index contributed by atoms with van der Waals surface area (Å²) in [6.07, 6.45) is 2.28. The molecular formula is C71H75Cl2N7O9. The van der Waals surface area contributed by atoms with Gasteiger partial charge in [-0.3, -0.25) is 38.4 Å². The summed E-state index contributed by atoms with van der Waals surface area (Å²) < 4.78 is 5.15. The number of methoxy groups -OCH3 is 1. The van der Waals surface area contributed by atoms with Crippen molar-refractivity contribution in [3.63, 3.8) is 0 Å². The van der Waals surface area contributed by atoms with E-state index in [1.165, 1.54) is 6.92 Å². The van der Waals surface area contributed by atoms with Gasteiger partial charge >= 0.3 is 0 Å². The third-order valence-electron chi connectivity index (χ3n) is 16.1. The van der Waals surface area contributed by atoms with Gasteiger partial charge in [-0.15, -0.1) is 0 Å². The summed E-state index contributed by atoms with van der Waals surface area (Å²) in [6.45, 7) is 10.4. The van der Waals surface area contributed by atoms with Crippen molar-refractivity contribution in [3.05, 3.63) is 201 Å². The van der Waals surface area contributed by atoms with Crippen molar-refractivity contribution in [2.75, 3.05) is 116 Å². The minimum atomic E-state index is -0.00931. The van der Waals surface area contributed by atoms with Crippen LogP contribution in [0.4, 0.5) is 39.8 Å². The maximum atomic E-state index is 11.9. The van der Waals surface area contributed by atoms with Crippen LogP contribution in [0.3, 0.4) is 0 Å². The third-order valence-corrected chi connectivity index (χ3v) is 16.6. The highest BCUT2D eigenvalue weighted by Gasteiger charge is 2.30. The summed E-state index contributed by atoms with van der Waals surface area (Å²) in [6, 6.07) is 46.7. The molecular weight excluding hydrogens is 1170 g/mol. The molecule has 2 atom stereocenters. The van der Waals surface area contributed by atoms with E-state index in [9.17, 15) is 38.4 Å². The number of carbonyl (C=O) groups excluding carboxylic acids is 8. The number of nitrogens with one attached hydrogen (secondary N) is 2. The Morgan fingerprint density at radius 2 is 0.876 bits per heavy atom. The van der Waals surface area contributed by atoms with Crippen LogP contribution in [0.1, 0.15) is 119 Å². The summed E-state index contributed by atoms with van der Waals surface area (Å²) in [7, 11) is 9.62. The van der Waals surface area contributed by atoms with Crippen LogP contribution in [0.15, 0.2) is 152 Å². The van der Waals surface area contributed by atoms with Crippen LogP contribution in [-0.2, 0) is 4.79 Å². The second-order valence-electron chi connectivity index (χ2n) is 22.5. The predicted octanol–water partition coefficient (Wildman–Crippen LogP) is 13.2. The Kier molecular flexibility index (Phi) is 22.3. The smallest absolute Gasteiger partial charge is 0.223 e. The van der Waals surface area contributed by atoms with E-state index in [0.29, 0.717) is 54.4 Å². The van der Waals surface area contributed by atoms with Gasteiger partial charge in [-0.2, -0.15) is 0 Å². The fourth-order valence-corrected chi connectivity index (χ4v) is 11.6. The van der Waals surface area contributed by atoms with Crippen LogP contribution in [0.5, 0.6) is 5.75 Å². The largest absolute Gasteiger partial charge is 0.497 e. The van der Waals surface area contributed by atoms with Gasteiger partial charge in [0.2, 0.25) is 5.91 Å². The van der Waals surface area contributed by atoms with Gasteiger partial charge in [-0.1, -0.05) is 85.6 Å². The second-order valence-corrected chi connectivity index (χ2v) is 23.4. The van der Waals surface area contributed by atoms with Crippen LogP contribution in [-0.4, -0.2) is 128 Å². The number of ether oxygens (including phenoxy) is 1. The van der Waals surface area contributed by atoms with Gasteiger partial charge in [-0.05, 0) is 97.1 Å². The zero-order chi connectivity index (χ0) is 64.1. The quantitative estimate of drug-likeness (QED) is 0.158. The average molecular weight is 1240 g/mol. The van der Waals surface area contributed by atoms with Gasteiger partial charge in [0.1, 0.15) is 5.75 Å². The molecule has 7 heterocycles. The zero-order valence-corrected chi connectivity index (χ0v) is 53.0. The molecule has 7 aliphatic heterocycles. The van der Waals surface area contributed by atoms with Gasteiger partial charge in [0.25, 0.3) is 0 Å². The number of hydrogen-bond acceptors (Lipinski definition) is 15. The highest BCUT2D eigenvalue weighted by atomic mass is 35.5. The molecule has 2 unspecified atom stereocenters. The van der Waals surface area contributed by atoms with Crippen LogP contribution in [0.25, 0.3) is 0 Å². The lowest BCUT2D eigenvalue weighted by Gasteiger charge is -2.30. The van der Waals surface area contributed by atoms with Gasteiger partial charge in [0.05, 0.1) is 25.0 Å². The Labute approximate surface area is 530 Å². The molecule has 0 aromatic heterocycles. The Morgan fingerprint density at radius 1 is 0.438 bits per heavy atom. The Morgan fingerprint density at radius 3 is 1.43 bits per heavy atom. The first kappa shape index (κ1) is 65.8. The minimum Gasteiger partial charge on any atom is -0.497 e. The maximum absolute atomic E-state index is 11.9. The van der Waals surface area contributed by atoms with E-state index in [1.54, 1.807) is 30.2 Å². The first-order chi connectivity index (χ1) is 42.6. The molecule has 0 bridgehead atoms. The molecule has 14 rings (SSSR count). The van der Waals surface area contributed by atoms with Crippen LogP contribution in [0, 0.1) is 11.8 Å². The molecule has 7 aromatic rings. The first-order valence-electron chi connectivity index (χ1n) is 29.6. The number of hydrogen-bond donors (Lipinski definition) is 2. The third kappa shape index (κ3) is 16.2. The number of anilines is 7. The number of Topliss-reactive ketones (excluding diaryl/α,β-unsaturated/α-hetero) is 7. The van der Waals surface area contributed by atoms with Crippen molar-refractivity contribution in [2.24, 2.45) is 11.8 Å². The van der Waals surface area contributed by atoms with E-state index >= 15 is 0 Å². The molecule has 7 aromatic carbocycles.